The maximum absolute atomic E-state index is 12.9. The molecule has 0 aliphatic carbocycles. The summed E-state index contributed by atoms with van der Waals surface area (Å²) in [7, 11) is -3.85. The van der Waals surface area contributed by atoms with E-state index in [0.717, 1.165) is 16.4 Å². The van der Waals surface area contributed by atoms with Gasteiger partial charge in [-0.05, 0) is 29.4 Å². The van der Waals surface area contributed by atoms with E-state index in [1.165, 1.54) is 12.1 Å². The van der Waals surface area contributed by atoms with Crippen LogP contribution in [0.15, 0.2) is 33.7 Å². The van der Waals surface area contributed by atoms with Gasteiger partial charge in [-0.2, -0.15) is 4.31 Å². The first-order valence-electron chi connectivity index (χ1n) is 6.52. The Hall–Kier alpha value is -2.46. The van der Waals surface area contributed by atoms with Gasteiger partial charge in [0.15, 0.2) is 0 Å². The van der Waals surface area contributed by atoms with Crippen LogP contribution < -0.4 is 4.74 Å². The summed E-state index contributed by atoms with van der Waals surface area (Å²) in [6.45, 7) is -0.00439. The Labute approximate surface area is 130 Å². The lowest BCUT2D eigenvalue weighted by Crippen LogP contribution is -2.35. The molecule has 122 valence electrons. The number of rotatable bonds is 3. The molecule has 1 aliphatic rings. The molecule has 0 radical (unpaired) electrons. The summed E-state index contributed by atoms with van der Waals surface area (Å²) in [6, 6.07) is 4.45. The molecule has 0 spiro atoms. The number of nitrogens with zero attached hydrogens (tertiary/aromatic N) is 2. The molecule has 1 aromatic heterocycles. The highest BCUT2D eigenvalue weighted by atomic mass is 32.2. The van der Waals surface area contributed by atoms with Crippen molar-refractivity contribution in [1.29, 1.82) is 0 Å². The molecule has 0 unspecified atom stereocenters. The van der Waals surface area contributed by atoms with Crippen molar-refractivity contribution in [3.05, 3.63) is 41.4 Å². The molecule has 23 heavy (non-hydrogen) atoms. The summed E-state index contributed by atoms with van der Waals surface area (Å²) < 4.78 is 48.6. The van der Waals surface area contributed by atoms with E-state index in [-0.39, 0.29) is 35.8 Å². The average molecular weight is 342 g/mol. The van der Waals surface area contributed by atoms with Crippen LogP contribution in [0.1, 0.15) is 11.3 Å². The Balaban J connectivity index is 1.90. The van der Waals surface area contributed by atoms with Crippen molar-refractivity contribution in [1.82, 2.24) is 9.46 Å². The normalized spacial score (nSPS) is 15.2. The molecule has 0 bridgehead atoms. The van der Waals surface area contributed by atoms with E-state index in [4.69, 9.17) is 9.63 Å². The molecule has 2 aromatic rings. The van der Waals surface area contributed by atoms with E-state index < -0.39 is 22.0 Å². The summed E-state index contributed by atoms with van der Waals surface area (Å²) in [5.74, 6) is -0.431. The first-order chi connectivity index (χ1) is 10.9. The van der Waals surface area contributed by atoms with Gasteiger partial charge in [0.05, 0.1) is 10.5 Å². The fourth-order valence-corrected chi connectivity index (χ4v) is 3.69. The minimum absolute atomic E-state index is 0.0560. The van der Waals surface area contributed by atoms with Gasteiger partial charge in [-0.1, -0.05) is 0 Å². The maximum Gasteiger partial charge on any atom is 0.512 e. The molecular formula is C13H11FN2O6S. The average Bonchev–Trinajstić information content (AvgIpc) is 2.89. The second kappa shape index (κ2) is 5.63. The number of fused-ring (bicyclic) bond motifs is 1. The molecule has 0 amide bonds. The van der Waals surface area contributed by atoms with Crippen LogP contribution in [0, 0.1) is 5.82 Å². The topological polar surface area (TPSA) is 110 Å². The number of hydrogen-bond donors (Lipinski definition) is 1. The zero-order chi connectivity index (χ0) is 16.6. The van der Waals surface area contributed by atoms with Crippen molar-refractivity contribution >= 4 is 16.2 Å². The zero-order valence-corrected chi connectivity index (χ0v) is 12.4. The van der Waals surface area contributed by atoms with Crippen LogP contribution in [0.3, 0.4) is 0 Å². The highest BCUT2D eigenvalue weighted by molar-refractivity contribution is 7.89. The molecule has 2 heterocycles. The van der Waals surface area contributed by atoms with Crippen molar-refractivity contribution < 1.29 is 32.0 Å². The van der Waals surface area contributed by atoms with Gasteiger partial charge in [-0.25, -0.2) is 17.6 Å². The van der Waals surface area contributed by atoms with Gasteiger partial charge >= 0.3 is 6.16 Å². The summed E-state index contributed by atoms with van der Waals surface area (Å²) in [4.78, 5) is 10.6. The van der Waals surface area contributed by atoms with Crippen LogP contribution >= 0.6 is 0 Å². The third-order valence-electron chi connectivity index (χ3n) is 3.39. The second-order valence-electron chi connectivity index (χ2n) is 4.80. The number of halogens is 1. The Morgan fingerprint density at radius 1 is 1.35 bits per heavy atom. The highest BCUT2D eigenvalue weighted by Crippen LogP contribution is 2.30. The minimum atomic E-state index is -3.85. The van der Waals surface area contributed by atoms with E-state index in [2.05, 4.69) is 9.89 Å². The Morgan fingerprint density at radius 3 is 2.70 bits per heavy atom. The summed E-state index contributed by atoms with van der Waals surface area (Å²) in [5.41, 5.74) is 0.268. The van der Waals surface area contributed by atoms with Crippen LogP contribution in [-0.4, -0.2) is 35.7 Å². The van der Waals surface area contributed by atoms with Gasteiger partial charge < -0.3 is 14.4 Å². The molecule has 8 nitrogen and oxygen atoms in total. The van der Waals surface area contributed by atoms with Gasteiger partial charge in [0.2, 0.25) is 10.0 Å². The zero-order valence-electron chi connectivity index (χ0n) is 11.6. The summed E-state index contributed by atoms with van der Waals surface area (Å²) in [5, 5.41) is 12.1. The van der Waals surface area contributed by atoms with E-state index >= 15 is 0 Å². The lowest BCUT2D eigenvalue weighted by Gasteiger charge is -2.25. The van der Waals surface area contributed by atoms with Crippen molar-refractivity contribution in [2.45, 2.75) is 17.9 Å². The standard InChI is InChI=1S/C13H11FN2O6S/c14-8-1-3-9(4-2-8)23(19,20)16-6-5-11-10(7-16)12(15-22-11)21-13(17)18/h1-4H,5-7H2,(H,17,18). The second-order valence-corrected chi connectivity index (χ2v) is 6.74. The van der Waals surface area contributed by atoms with E-state index in [1.807, 2.05) is 0 Å². The summed E-state index contributed by atoms with van der Waals surface area (Å²) >= 11 is 0. The lowest BCUT2D eigenvalue weighted by atomic mass is 10.1. The lowest BCUT2D eigenvalue weighted by molar-refractivity contribution is 0.140. The van der Waals surface area contributed by atoms with Crippen molar-refractivity contribution in [3.63, 3.8) is 0 Å². The van der Waals surface area contributed by atoms with Crippen LogP contribution in [0.25, 0.3) is 0 Å². The fraction of sp³-hybridized carbons (Fsp3) is 0.231. The largest absolute Gasteiger partial charge is 0.512 e. The molecular weight excluding hydrogens is 331 g/mol. The molecule has 1 aliphatic heterocycles. The summed E-state index contributed by atoms with van der Waals surface area (Å²) in [6.07, 6.45) is -1.34. The van der Waals surface area contributed by atoms with E-state index in [0.29, 0.717) is 5.76 Å². The number of carboxylic acid groups (broad SMARTS) is 1. The third kappa shape index (κ3) is 2.90. The van der Waals surface area contributed by atoms with Crippen molar-refractivity contribution in [3.8, 4) is 5.88 Å². The van der Waals surface area contributed by atoms with E-state index in [9.17, 15) is 17.6 Å². The highest BCUT2D eigenvalue weighted by Gasteiger charge is 2.33. The minimum Gasteiger partial charge on any atom is -0.449 e. The van der Waals surface area contributed by atoms with Gasteiger partial charge in [0, 0.05) is 19.5 Å². The monoisotopic (exact) mass is 342 g/mol. The Kier molecular flexibility index (Phi) is 3.78. The van der Waals surface area contributed by atoms with Crippen LogP contribution in [0.4, 0.5) is 9.18 Å². The van der Waals surface area contributed by atoms with Gasteiger partial charge in [0.25, 0.3) is 5.88 Å². The molecule has 0 atom stereocenters. The number of hydrogen-bond acceptors (Lipinski definition) is 6. The van der Waals surface area contributed by atoms with Gasteiger partial charge in [-0.3, -0.25) is 0 Å². The fourth-order valence-electron chi connectivity index (χ4n) is 2.28. The van der Waals surface area contributed by atoms with Crippen LogP contribution in [0.2, 0.25) is 0 Å². The molecule has 0 saturated carbocycles. The molecule has 3 rings (SSSR count). The number of carbonyl (C=O) groups is 1. The Morgan fingerprint density at radius 2 is 2.04 bits per heavy atom. The van der Waals surface area contributed by atoms with Gasteiger partial charge in [0.1, 0.15) is 11.6 Å². The first kappa shape index (κ1) is 15.4. The molecule has 0 saturated heterocycles. The Bertz CT molecular complexity index is 846. The van der Waals surface area contributed by atoms with E-state index in [1.54, 1.807) is 0 Å². The number of sulfonamides is 1. The molecule has 1 N–H and O–H groups in total. The van der Waals surface area contributed by atoms with Crippen molar-refractivity contribution in [2.24, 2.45) is 0 Å². The molecule has 1 aromatic carbocycles. The van der Waals surface area contributed by atoms with Crippen LogP contribution in [0.5, 0.6) is 5.88 Å². The first-order valence-corrected chi connectivity index (χ1v) is 7.96. The molecule has 10 heteroatoms. The SMILES string of the molecule is O=C(O)Oc1noc2c1CN(S(=O)(=O)c1ccc(F)cc1)CC2. The number of aromatic nitrogens is 1. The quantitative estimate of drug-likeness (QED) is 0.844. The van der Waals surface area contributed by atoms with Crippen molar-refractivity contribution in [2.75, 3.05) is 6.54 Å². The third-order valence-corrected chi connectivity index (χ3v) is 5.25. The molecule has 0 fully saturated rings. The predicted molar refractivity (Wildman–Crippen MR) is 72.9 cm³/mol. The number of benzene rings is 1. The smallest absolute Gasteiger partial charge is 0.449 e. The number of ether oxygens (including phenoxy) is 1. The predicted octanol–water partition coefficient (Wildman–Crippen LogP) is 1.62. The maximum atomic E-state index is 12.9. The van der Waals surface area contributed by atoms with Crippen LogP contribution in [-0.2, 0) is 23.0 Å². The van der Waals surface area contributed by atoms with Gasteiger partial charge in [-0.15, -0.1) is 0 Å².